The number of carboxylic acid groups (broad SMARTS) is 1. The number of hydrogen-bond acceptors (Lipinski definition) is 5. The van der Waals surface area contributed by atoms with E-state index in [-0.39, 0.29) is 24.7 Å². The Bertz CT molecular complexity index is 1310. The summed E-state index contributed by atoms with van der Waals surface area (Å²) in [5.41, 5.74) is -0.484. The van der Waals surface area contributed by atoms with Gasteiger partial charge in [-0.2, -0.15) is 0 Å². The second-order valence-corrected chi connectivity index (χ2v) is 10.0. The van der Waals surface area contributed by atoms with Crippen LogP contribution in [0.5, 0.6) is 5.75 Å². The van der Waals surface area contributed by atoms with E-state index in [2.05, 4.69) is 10.6 Å². The summed E-state index contributed by atoms with van der Waals surface area (Å²) in [7, 11) is 0. The summed E-state index contributed by atoms with van der Waals surface area (Å²) in [6, 6.07) is 8.66. The summed E-state index contributed by atoms with van der Waals surface area (Å²) in [5.74, 6) is -4.63. The lowest BCUT2D eigenvalue weighted by Crippen LogP contribution is -2.34. The maximum Gasteiger partial charge on any atom is 0.306 e. The molecule has 1 aliphatic carbocycles. The van der Waals surface area contributed by atoms with Crippen LogP contribution in [0.15, 0.2) is 36.4 Å². The minimum Gasteiger partial charge on any atom is -0.487 e. The third kappa shape index (κ3) is 6.11. The van der Waals surface area contributed by atoms with Gasteiger partial charge in [0.1, 0.15) is 5.82 Å². The molecule has 3 N–H and O–H groups in total. The Balaban J connectivity index is 1.27. The van der Waals surface area contributed by atoms with E-state index in [4.69, 9.17) is 21.4 Å². The molecule has 0 spiro atoms. The van der Waals surface area contributed by atoms with Gasteiger partial charge in [-0.15, -0.1) is 11.3 Å². The van der Waals surface area contributed by atoms with Crippen molar-refractivity contribution in [3.8, 4) is 5.75 Å². The van der Waals surface area contributed by atoms with Gasteiger partial charge in [0.05, 0.1) is 22.5 Å². The van der Waals surface area contributed by atoms with Crippen molar-refractivity contribution in [2.45, 2.75) is 31.8 Å². The Morgan fingerprint density at radius 1 is 0.972 bits per heavy atom. The number of ether oxygens (including phenoxy) is 1. The van der Waals surface area contributed by atoms with Gasteiger partial charge in [-0.1, -0.05) is 17.7 Å². The molecule has 0 unspecified atom stereocenters. The molecule has 0 atom stereocenters. The van der Waals surface area contributed by atoms with Crippen LogP contribution in [0.25, 0.3) is 10.1 Å². The molecule has 4 rings (SSSR count). The molecular weight excluding hydrogens is 514 g/mol. The molecule has 1 aromatic heterocycles. The van der Waals surface area contributed by atoms with Gasteiger partial charge in [0.2, 0.25) is 0 Å². The van der Waals surface area contributed by atoms with Gasteiger partial charge in [-0.05, 0) is 55.3 Å². The van der Waals surface area contributed by atoms with Crippen molar-refractivity contribution in [2.75, 3.05) is 13.1 Å². The van der Waals surface area contributed by atoms with Crippen LogP contribution in [0.4, 0.5) is 8.78 Å². The number of hydrogen-bond donors (Lipinski definition) is 3. The Kier molecular flexibility index (Phi) is 8.05. The van der Waals surface area contributed by atoms with Crippen LogP contribution in [-0.4, -0.2) is 42.1 Å². The van der Waals surface area contributed by atoms with Crippen molar-refractivity contribution in [3.05, 3.63) is 63.5 Å². The molecule has 11 heteroatoms. The van der Waals surface area contributed by atoms with Gasteiger partial charge in [0, 0.05) is 28.9 Å². The molecule has 2 amide bonds. The zero-order chi connectivity index (χ0) is 25.8. The predicted molar refractivity (Wildman–Crippen MR) is 132 cm³/mol. The minimum absolute atomic E-state index is 0.00737. The Morgan fingerprint density at radius 2 is 1.67 bits per heavy atom. The molecule has 0 saturated heterocycles. The van der Waals surface area contributed by atoms with Crippen molar-refractivity contribution in [1.82, 2.24) is 10.6 Å². The van der Waals surface area contributed by atoms with Crippen LogP contribution in [-0.2, 0) is 4.79 Å². The number of thiophene rings is 1. The molecule has 1 heterocycles. The van der Waals surface area contributed by atoms with Crippen molar-refractivity contribution >= 4 is 50.8 Å². The average molecular weight is 537 g/mol. The lowest BCUT2D eigenvalue weighted by atomic mass is 9.87. The van der Waals surface area contributed by atoms with E-state index in [0.29, 0.717) is 35.6 Å². The average Bonchev–Trinajstić information content (AvgIpc) is 3.27. The molecule has 3 aromatic rings. The molecule has 2 aromatic carbocycles. The van der Waals surface area contributed by atoms with Crippen molar-refractivity contribution in [3.63, 3.8) is 0 Å². The summed E-state index contributed by atoms with van der Waals surface area (Å²) in [6.07, 6.45) is 1.22. The van der Waals surface area contributed by atoms with E-state index in [0.717, 1.165) is 22.2 Å². The number of carbonyl (C=O) groups is 3. The highest BCUT2D eigenvalue weighted by molar-refractivity contribution is 7.20. The zero-order valence-corrected chi connectivity index (χ0v) is 20.6. The molecule has 0 radical (unpaired) electrons. The fourth-order valence-electron chi connectivity index (χ4n) is 4.05. The smallest absolute Gasteiger partial charge is 0.306 e. The number of aliphatic carboxylic acids is 1. The number of carbonyl (C=O) groups excluding carboxylic acids is 2. The molecule has 190 valence electrons. The van der Waals surface area contributed by atoms with Gasteiger partial charge in [-0.3, -0.25) is 14.4 Å². The Labute approximate surface area is 214 Å². The van der Waals surface area contributed by atoms with Crippen LogP contribution in [0.1, 0.15) is 45.7 Å². The predicted octanol–water partition coefficient (Wildman–Crippen LogP) is 5.01. The molecule has 1 saturated carbocycles. The lowest BCUT2D eigenvalue weighted by molar-refractivity contribution is -0.143. The Morgan fingerprint density at radius 3 is 2.36 bits per heavy atom. The highest BCUT2D eigenvalue weighted by Crippen LogP contribution is 2.30. The molecule has 7 nitrogen and oxygen atoms in total. The highest BCUT2D eigenvalue weighted by atomic mass is 35.5. The van der Waals surface area contributed by atoms with Gasteiger partial charge < -0.3 is 20.5 Å². The monoisotopic (exact) mass is 536 g/mol. The fraction of sp³-hybridized carbons (Fsp3) is 0.320. The zero-order valence-electron chi connectivity index (χ0n) is 19.0. The third-order valence-corrected chi connectivity index (χ3v) is 7.32. The van der Waals surface area contributed by atoms with E-state index >= 15 is 0 Å². The van der Waals surface area contributed by atoms with E-state index in [1.165, 1.54) is 11.3 Å². The molecule has 1 aliphatic rings. The van der Waals surface area contributed by atoms with Crippen LogP contribution in [0, 0.1) is 17.6 Å². The first-order chi connectivity index (χ1) is 17.2. The SMILES string of the molecule is O=C(NCCNC(=O)c1cc(F)c(O[C@H]2CC[C@@H](C(=O)O)CC2)cc1F)c1cc2ccc(Cl)cc2s1. The van der Waals surface area contributed by atoms with Gasteiger partial charge in [0.25, 0.3) is 11.8 Å². The van der Waals surface area contributed by atoms with Crippen LogP contribution in [0.2, 0.25) is 5.02 Å². The first-order valence-corrected chi connectivity index (χ1v) is 12.5. The number of halogens is 3. The topological polar surface area (TPSA) is 105 Å². The van der Waals surface area contributed by atoms with Crippen molar-refractivity contribution < 1.29 is 33.0 Å². The summed E-state index contributed by atoms with van der Waals surface area (Å²) in [5, 5.41) is 15.6. The van der Waals surface area contributed by atoms with Gasteiger partial charge in [0.15, 0.2) is 11.6 Å². The number of nitrogens with one attached hydrogen (secondary N) is 2. The van der Waals surface area contributed by atoms with Gasteiger partial charge >= 0.3 is 5.97 Å². The lowest BCUT2D eigenvalue weighted by Gasteiger charge is -2.27. The van der Waals surface area contributed by atoms with Crippen LogP contribution < -0.4 is 15.4 Å². The maximum absolute atomic E-state index is 14.5. The molecule has 0 bridgehead atoms. The van der Waals surface area contributed by atoms with E-state index < -0.39 is 41.1 Å². The first-order valence-electron chi connectivity index (χ1n) is 11.3. The normalized spacial score (nSPS) is 17.5. The fourth-order valence-corrected chi connectivity index (χ4v) is 5.31. The standard InChI is InChI=1S/C25H23ClF2N2O5S/c26-15-4-1-14-9-22(36-21(14)10-15)24(32)30-8-7-29-23(31)17-11-19(28)20(12-18(17)27)35-16-5-2-13(3-6-16)25(33)34/h1,4,9-13,16H,2-3,5-8H2,(H,29,31)(H,30,32)(H,33,34)/t13-,16+. The minimum atomic E-state index is -0.948. The van der Waals surface area contributed by atoms with Crippen molar-refractivity contribution in [1.29, 1.82) is 0 Å². The molecule has 0 aliphatic heterocycles. The summed E-state index contributed by atoms with van der Waals surface area (Å²) < 4.78 is 35.4. The number of carboxylic acids is 1. The highest BCUT2D eigenvalue weighted by Gasteiger charge is 2.28. The molecular formula is C25H23ClF2N2O5S. The summed E-state index contributed by atoms with van der Waals surface area (Å²) in [4.78, 5) is 36.2. The second kappa shape index (κ2) is 11.2. The largest absolute Gasteiger partial charge is 0.487 e. The van der Waals surface area contributed by atoms with E-state index in [1.807, 2.05) is 6.07 Å². The second-order valence-electron chi connectivity index (χ2n) is 8.50. The molecule has 36 heavy (non-hydrogen) atoms. The number of fused-ring (bicyclic) bond motifs is 1. The maximum atomic E-state index is 14.5. The van der Waals surface area contributed by atoms with Gasteiger partial charge in [-0.25, -0.2) is 8.78 Å². The van der Waals surface area contributed by atoms with E-state index in [1.54, 1.807) is 18.2 Å². The van der Waals surface area contributed by atoms with Crippen molar-refractivity contribution in [2.24, 2.45) is 5.92 Å². The van der Waals surface area contributed by atoms with Crippen LogP contribution >= 0.6 is 22.9 Å². The first kappa shape index (κ1) is 25.8. The third-order valence-electron chi connectivity index (χ3n) is 5.99. The number of amides is 2. The Hall–Kier alpha value is -3.24. The number of rotatable bonds is 8. The van der Waals surface area contributed by atoms with Crippen LogP contribution in [0.3, 0.4) is 0 Å². The summed E-state index contributed by atoms with van der Waals surface area (Å²) >= 11 is 7.25. The quantitative estimate of drug-likeness (QED) is 0.351. The molecule has 1 fully saturated rings. The summed E-state index contributed by atoms with van der Waals surface area (Å²) in [6.45, 7) is 0.0946. The van der Waals surface area contributed by atoms with E-state index in [9.17, 15) is 23.2 Å². The number of benzene rings is 2.